The Kier molecular flexibility index (Phi) is 8.11. The van der Waals surface area contributed by atoms with Crippen molar-refractivity contribution >= 4 is 23.5 Å². The molecule has 1 atom stereocenters. The topological polar surface area (TPSA) is 101 Å². The third-order valence-corrected chi connectivity index (χ3v) is 6.97. The van der Waals surface area contributed by atoms with Crippen molar-refractivity contribution in [1.82, 2.24) is 15.3 Å². The number of aromatic nitrogens is 2. The third kappa shape index (κ3) is 6.10. The second-order valence-corrected chi connectivity index (χ2v) is 9.52. The second-order valence-electron chi connectivity index (χ2n) is 9.12. The fraction of sp³-hybridized carbons (Fsp3) is 0.520. The monoisotopic (exact) mass is 489 g/mol. The first-order valence-electron chi connectivity index (χ1n) is 11.8. The quantitative estimate of drug-likeness (QED) is 0.520. The molecule has 34 heavy (non-hydrogen) atoms. The lowest BCUT2D eigenvalue weighted by Crippen LogP contribution is -2.42. The van der Waals surface area contributed by atoms with E-state index in [1.807, 2.05) is 0 Å². The summed E-state index contributed by atoms with van der Waals surface area (Å²) in [4.78, 5) is 32.2. The minimum absolute atomic E-state index is 0.0750. The summed E-state index contributed by atoms with van der Waals surface area (Å²) in [5.74, 6) is -2.44. The Morgan fingerprint density at radius 3 is 2.79 bits per heavy atom. The van der Waals surface area contributed by atoms with Gasteiger partial charge in [-0.2, -0.15) is 0 Å². The number of aryl methyl sites for hydroxylation is 3. The Morgan fingerprint density at radius 2 is 2.03 bits per heavy atom. The lowest BCUT2D eigenvalue weighted by molar-refractivity contribution is -0.140. The van der Waals surface area contributed by atoms with Crippen molar-refractivity contribution in [2.75, 3.05) is 6.61 Å². The van der Waals surface area contributed by atoms with Gasteiger partial charge in [-0.3, -0.25) is 14.8 Å². The van der Waals surface area contributed by atoms with Gasteiger partial charge in [-0.25, -0.2) is 9.18 Å². The van der Waals surface area contributed by atoms with E-state index in [0.29, 0.717) is 5.92 Å². The number of hydrogen-bond donors (Lipinski definition) is 2. The molecule has 2 heterocycles. The lowest BCUT2D eigenvalue weighted by Gasteiger charge is -2.35. The van der Waals surface area contributed by atoms with Crippen LogP contribution < -0.4 is 5.32 Å². The number of pyridine rings is 2. The average molecular weight is 490 g/mol. The molecule has 1 saturated carbocycles. The number of carboxylic acids is 1. The van der Waals surface area contributed by atoms with E-state index >= 15 is 0 Å². The number of carbonyl (C=O) groups excluding carboxylic acids is 1. The Balaban J connectivity index is 1.17. The van der Waals surface area contributed by atoms with E-state index in [-0.39, 0.29) is 24.2 Å². The highest BCUT2D eigenvalue weighted by Gasteiger charge is 2.30. The Hall–Kier alpha value is -2.58. The highest BCUT2D eigenvalue weighted by atomic mass is 35.5. The fourth-order valence-electron chi connectivity index (χ4n) is 4.63. The number of hydrogen-bond acceptors (Lipinski definition) is 5. The molecule has 0 saturated heterocycles. The van der Waals surface area contributed by atoms with Crippen LogP contribution in [-0.2, 0) is 28.8 Å². The van der Waals surface area contributed by atoms with Crippen molar-refractivity contribution in [2.24, 2.45) is 5.92 Å². The van der Waals surface area contributed by atoms with Crippen LogP contribution in [0.4, 0.5) is 4.39 Å². The molecule has 0 unspecified atom stereocenters. The summed E-state index contributed by atoms with van der Waals surface area (Å²) in [6.07, 6.45) is 10.8. The van der Waals surface area contributed by atoms with E-state index < -0.39 is 29.3 Å². The molecule has 0 aliphatic heterocycles. The maximum absolute atomic E-state index is 13.9. The van der Waals surface area contributed by atoms with Crippen molar-refractivity contribution in [3.8, 4) is 0 Å². The SMILES string of the molecule is O=C(N[C@@H](CCOC1CC(CCc2ccc3c(n2)CCCC3)C1)C(=O)O)c1c(F)cncc1Cl. The van der Waals surface area contributed by atoms with Crippen LogP contribution in [-0.4, -0.2) is 45.7 Å². The van der Waals surface area contributed by atoms with E-state index in [1.54, 1.807) is 0 Å². The molecule has 0 radical (unpaired) electrons. The highest BCUT2D eigenvalue weighted by Crippen LogP contribution is 2.34. The smallest absolute Gasteiger partial charge is 0.326 e. The van der Waals surface area contributed by atoms with Gasteiger partial charge in [0, 0.05) is 30.6 Å². The van der Waals surface area contributed by atoms with Crippen molar-refractivity contribution in [3.63, 3.8) is 0 Å². The number of aliphatic carboxylic acids is 1. The Bertz CT molecular complexity index is 1020. The van der Waals surface area contributed by atoms with Crippen LogP contribution in [0.25, 0.3) is 0 Å². The molecule has 2 aliphatic carbocycles. The van der Waals surface area contributed by atoms with Crippen molar-refractivity contribution in [1.29, 1.82) is 0 Å². The summed E-state index contributed by atoms with van der Waals surface area (Å²) < 4.78 is 19.7. The van der Waals surface area contributed by atoms with Gasteiger partial charge in [0.1, 0.15) is 6.04 Å². The van der Waals surface area contributed by atoms with Gasteiger partial charge in [-0.05, 0) is 68.9 Å². The molecule has 182 valence electrons. The van der Waals surface area contributed by atoms with E-state index in [9.17, 15) is 19.1 Å². The number of amides is 1. The maximum atomic E-state index is 13.9. The normalized spacial score (nSPS) is 20.2. The lowest BCUT2D eigenvalue weighted by atomic mass is 9.79. The summed E-state index contributed by atoms with van der Waals surface area (Å²) in [6.45, 7) is 0.188. The standard InChI is InChI=1S/C25H29ClFN3O4/c26-19-13-28-14-20(27)23(19)24(31)30-22(25(32)33)9-10-34-18-11-15(12-18)5-7-17-8-6-16-3-1-2-4-21(16)29-17/h6,8,13-15,18,22H,1-5,7,9-12H2,(H,30,31)(H,32,33)/t15?,18?,22-/m0/s1. The Morgan fingerprint density at radius 1 is 1.24 bits per heavy atom. The molecule has 2 aromatic heterocycles. The van der Waals surface area contributed by atoms with Crippen LogP contribution in [0.1, 0.15) is 65.8 Å². The van der Waals surface area contributed by atoms with Crippen LogP contribution in [0, 0.1) is 11.7 Å². The van der Waals surface area contributed by atoms with E-state index in [1.165, 1.54) is 24.1 Å². The fourth-order valence-corrected chi connectivity index (χ4v) is 4.87. The van der Waals surface area contributed by atoms with Gasteiger partial charge in [0.2, 0.25) is 0 Å². The summed E-state index contributed by atoms with van der Waals surface area (Å²) in [7, 11) is 0. The van der Waals surface area contributed by atoms with Gasteiger partial charge in [0.05, 0.1) is 22.9 Å². The molecule has 0 bridgehead atoms. The highest BCUT2D eigenvalue weighted by molar-refractivity contribution is 6.33. The first-order chi connectivity index (χ1) is 16.4. The van der Waals surface area contributed by atoms with Gasteiger partial charge in [-0.1, -0.05) is 17.7 Å². The zero-order valence-electron chi connectivity index (χ0n) is 18.9. The number of carboxylic acid groups (broad SMARTS) is 1. The Labute approximate surface area is 203 Å². The predicted octanol–water partition coefficient (Wildman–Crippen LogP) is 4.15. The van der Waals surface area contributed by atoms with Crippen molar-refractivity contribution in [3.05, 3.63) is 57.9 Å². The number of rotatable bonds is 10. The van der Waals surface area contributed by atoms with Crippen LogP contribution in [0.15, 0.2) is 24.5 Å². The first-order valence-corrected chi connectivity index (χ1v) is 12.2. The van der Waals surface area contributed by atoms with Crippen LogP contribution in [0.2, 0.25) is 5.02 Å². The minimum atomic E-state index is -1.22. The number of fused-ring (bicyclic) bond motifs is 1. The molecule has 7 nitrogen and oxygen atoms in total. The van der Waals surface area contributed by atoms with Crippen molar-refractivity contribution < 1.29 is 23.8 Å². The first kappa shape index (κ1) is 24.5. The molecular weight excluding hydrogens is 461 g/mol. The molecule has 1 amide bonds. The minimum Gasteiger partial charge on any atom is -0.480 e. The summed E-state index contributed by atoms with van der Waals surface area (Å²) in [5.41, 5.74) is 3.42. The van der Waals surface area contributed by atoms with E-state index in [0.717, 1.165) is 56.6 Å². The van der Waals surface area contributed by atoms with Gasteiger partial charge < -0.3 is 15.2 Å². The summed E-state index contributed by atoms with van der Waals surface area (Å²) in [5, 5.41) is 11.6. The zero-order chi connectivity index (χ0) is 24.1. The van der Waals surface area contributed by atoms with E-state index in [2.05, 4.69) is 22.4 Å². The van der Waals surface area contributed by atoms with Gasteiger partial charge in [-0.15, -0.1) is 0 Å². The molecule has 0 aromatic carbocycles. The number of carbonyl (C=O) groups is 2. The molecule has 2 aromatic rings. The summed E-state index contributed by atoms with van der Waals surface area (Å²) >= 11 is 5.83. The number of nitrogens with zero attached hydrogens (tertiary/aromatic N) is 2. The average Bonchev–Trinajstić information content (AvgIpc) is 2.78. The van der Waals surface area contributed by atoms with Crippen LogP contribution in [0.5, 0.6) is 0 Å². The molecule has 4 rings (SSSR count). The third-order valence-electron chi connectivity index (χ3n) is 6.68. The maximum Gasteiger partial charge on any atom is 0.326 e. The van der Waals surface area contributed by atoms with Crippen LogP contribution >= 0.6 is 11.6 Å². The number of halogens is 2. The molecule has 2 aliphatic rings. The van der Waals surface area contributed by atoms with Gasteiger partial charge in [0.15, 0.2) is 5.82 Å². The van der Waals surface area contributed by atoms with E-state index in [4.69, 9.17) is 21.3 Å². The largest absolute Gasteiger partial charge is 0.480 e. The second kappa shape index (κ2) is 11.2. The summed E-state index contributed by atoms with van der Waals surface area (Å²) in [6, 6.07) is 3.18. The molecule has 0 spiro atoms. The number of ether oxygens (including phenoxy) is 1. The zero-order valence-corrected chi connectivity index (χ0v) is 19.7. The van der Waals surface area contributed by atoms with Gasteiger partial charge >= 0.3 is 5.97 Å². The molecule has 2 N–H and O–H groups in total. The van der Waals surface area contributed by atoms with Gasteiger partial charge in [0.25, 0.3) is 5.91 Å². The predicted molar refractivity (Wildman–Crippen MR) is 124 cm³/mol. The number of nitrogens with one attached hydrogen (secondary N) is 1. The molecular formula is C25H29ClFN3O4. The molecule has 1 fully saturated rings. The van der Waals surface area contributed by atoms with Crippen molar-refractivity contribution in [2.45, 2.75) is 69.9 Å². The molecule has 9 heteroatoms. The van der Waals surface area contributed by atoms with Crippen LogP contribution in [0.3, 0.4) is 0 Å².